The molecular formula is C15H14N4S2. The fourth-order valence-electron chi connectivity index (χ4n) is 2.32. The normalized spacial score (nSPS) is 10.8. The number of nitrogens with zero attached hydrogens (tertiary/aromatic N) is 3. The van der Waals surface area contributed by atoms with Crippen molar-refractivity contribution in [3.8, 4) is 6.07 Å². The number of rotatable bonds is 3. The maximum atomic E-state index is 9.22. The van der Waals surface area contributed by atoms with Crippen LogP contribution in [0.5, 0.6) is 0 Å². The van der Waals surface area contributed by atoms with Crippen LogP contribution in [-0.4, -0.2) is 17.0 Å². The number of benzene rings is 1. The molecule has 0 saturated carbocycles. The monoisotopic (exact) mass is 314 g/mol. The lowest BCUT2D eigenvalue weighted by Gasteiger charge is -2.18. The number of aryl methyl sites for hydroxylation is 2. The minimum absolute atomic E-state index is 0.691. The average Bonchev–Trinajstić information content (AvgIpc) is 3.06. The van der Waals surface area contributed by atoms with Gasteiger partial charge in [-0.25, -0.2) is 4.98 Å². The van der Waals surface area contributed by atoms with Gasteiger partial charge < -0.3 is 9.29 Å². The van der Waals surface area contributed by atoms with E-state index < -0.39 is 0 Å². The second kappa shape index (κ2) is 5.43. The molecule has 0 fully saturated rings. The van der Waals surface area contributed by atoms with Gasteiger partial charge in [-0.1, -0.05) is 6.07 Å². The van der Waals surface area contributed by atoms with E-state index in [1.807, 2.05) is 27.1 Å². The van der Waals surface area contributed by atoms with Crippen LogP contribution in [0.1, 0.15) is 16.1 Å². The molecule has 0 unspecified atom stereocenters. The molecule has 21 heavy (non-hydrogen) atoms. The quantitative estimate of drug-likeness (QED) is 0.734. The maximum Gasteiger partial charge on any atom is 0.101 e. The van der Waals surface area contributed by atoms with E-state index in [-0.39, 0.29) is 0 Å². The molecule has 0 aliphatic carbocycles. The van der Waals surface area contributed by atoms with Crippen LogP contribution in [0.25, 0.3) is 10.9 Å². The van der Waals surface area contributed by atoms with E-state index in [0.29, 0.717) is 5.56 Å². The Kier molecular flexibility index (Phi) is 3.62. The van der Waals surface area contributed by atoms with Crippen molar-refractivity contribution in [2.45, 2.75) is 18.1 Å². The lowest BCUT2D eigenvalue weighted by Crippen LogP contribution is -2.06. The van der Waals surface area contributed by atoms with E-state index in [2.05, 4.69) is 32.5 Å². The fraction of sp³-hybridized carbons (Fsp3) is 0.200. The standard InChI is InChI=1S/C15H14N4S2/c1-9-4-5-12(15-14(9)11(6-16)7-18-15)19(3)21-13-8-17-10(2)20-13/h4-5,7-8,18H,1-3H3. The Morgan fingerprint density at radius 3 is 2.86 bits per heavy atom. The van der Waals surface area contributed by atoms with E-state index in [1.165, 1.54) is 0 Å². The summed E-state index contributed by atoms with van der Waals surface area (Å²) in [6, 6.07) is 6.38. The van der Waals surface area contributed by atoms with Gasteiger partial charge in [-0.05, 0) is 25.5 Å². The number of H-pyrrole nitrogens is 1. The van der Waals surface area contributed by atoms with Crippen LogP contribution in [-0.2, 0) is 0 Å². The van der Waals surface area contributed by atoms with Crippen molar-refractivity contribution in [2.24, 2.45) is 0 Å². The highest BCUT2D eigenvalue weighted by Gasteiger charge is 2.14. The van der Waals surface area contributed by atoms with E-state index in [0.717, 1.165) is 31.4 Å². The number of hydrogen-bond acceptors (Lipinski definition) is 5. The first-order chi connectivity index (χ1) is 10.1. The van der Waals surface area contributed by atoms with E-state index in [1.54, 1.807) is 29.5 Å². The number of anilines is 1. The molecule has 0 spiro atoms. The molecule has 1 N–H and O–H groups in total. The molecule has 0 aliphatic rings. The van der Waals surface area contributed by atoms with Gasteiger partial charge in [0.2, 0.25) is 0 Å². The molecule has 4 nitrogen and oxygen atoms in total. The van der Waals surface area contributed by atoms with Crippen molar-refractivity contribution >= 4 is 39.9 Å². The first-order valence-electron chi connectivity index (χ1n) is 6.45. The molecule has 0 saturated heterocycles. The Hall–Kier alpha value is -1.97. The molecule has 1 aromatic carbocycles. The SMILES string of the molecule is Cc1ncc(SN(C)c2ccc(C)c3c(C#N)c[nH]c23)s1. The molecule has 0 atom stereocenters. The number of nitrogens with one attached hydrogen (secondary N) is 1. The van der Waals surface area contributed by atoms with Crippen LogP contribution in [0.3, 0.4) is 0 Å². The third-order valence-corrected chi connectivity index (χ3v) is 5.25. The number of aromatic nitrogens is 2. The molecule has 3 rings (SSSR count). The summed E-state index contributed by atoms with van der Waals surface area (Å²) in [5.74, 6) is 0. The Balaban J connectivity index is 2.02. The summed E-state index contributed by atoms with van der Waals surface area (Å²) >= 11 is 3.32. The smallest absolute Gasteiger partial charge is 0.101 e. The minimum atomic E-state index is 0.691. The van der Waals surface area contributed by atoms with Crippen LogP contribution >= 0.6 is 23.3 Å². The van der Waals surface area contributed by atoms with Crippen molar-refractivity contribution in [1.29, 1.82) is 5.26 Å². The van der Waals surface area contributed by atoms with Gasteiger partial charge in [-0.3, -0.25) is 0 Å². The van der Waals surface area contributed by atoms with Crippen LogP contribution < -0.4 is 4.31 Å². The summed E-state index contributed by atoms with van der Waals surface area (Å²) in [5.41, 5.74) is 3.87. The fourth-order valence-corrected chi connectivity index (χ4v) is 4.29. The molecule has 0 amide bonds. The van der Waals surface area contributed by atoms with Gasteiger partial charge in [0.25, 0.3) is 0 Å². The average molecular weight is 314 g/mol. The largest absolute Gasteiger partial charge is 0.358 e. The van der Waals surface area contributed by atoms with Gasteiger partial charge in [0.1, 0.15) is 10.3 Å². The summed E-state index contributed by atoms with van der Waals surface area (Å²) in [6.07, 6.45) is 3.67. The van der Waals surface area contributed by atoms with Gasteiger partial charge in [0.15, 0.2) is 0 Å². The highest BCUT2D eigenvalue weighted by atomic mass is 32.2. The van der Waals surface area contributed by atoms with Gasteiger partial charge in [-0.15, -0.1) is 11.3 Å². The van der Waals surface area contributed by atoms with E-state index in [9.17, 15) is 5.26 Å². The zero-order valence-corrected chi connectivity index (χ0v) is 13.6. The van der Waals surface area contributed by atoms with Crippen molar-refractivity contribution in [2.75, 3.05) is 11.4 Å². The molecule has 2 heterocycles. The second-order valence-corrected chi connectivity index (χ2v) is 7.42. The van der Waals surface area contributed by atoms with Gasteiger partial charge >= 0.3 is 0 Å². The summed E-state index contributed by atoms with van der Waals surface area (Å²) < 4.78 is 3.25. The molecule has 6 heteroatoms. The van der Waals surface area contributed by atoms with E-state index in [4.69, 9.17) is 0 Å². The highest BCUT2D eigenvalue weighted by molar-refractivity contribution is 8.02. The minimum Gasteiger partial charge on any atom is -0.358 e. The van der Waals surface area contributed by atoms with Crippen LogP contribution in [0.2, 0.25) is 0 Å². The highest BCUT2D eigenvalue weighted by Crippen LogP contribution is 2.36. The topological polar surface area (TPSA) is 55.7 Å². The Morgan fingerprint density at radius 1 is 1.38 bits per heavy atom. The predicted octanol–water partition coefficient (Wildman–Crippen LogP) is 4.26. The number of hydrogen-bond donors (Lipinski definition) is 1. The first kappa shape index (κ1) is 14.0. The van der Waals surface area contributed by atoms with Gasteiger partial charge in [-0.2, -0.15) is 5.26 Å². The Labute approximate surface area is 131 Å². The van der Waals surface area contributed by atoms with Crippen molar-refractivity contribution in [3.63, 3.8) is 0 Å². The molecule has 0 aliphatic heterocycles. The van der Waals surface area contributed by atoms with Crippen LogP contribution in [0.15, 0.2) is 28.7 Å². The Morgan fingerprint density at radius 2 is 2.19 bits per heavy atom. The van der Waals surface area contributed by atoms with Crippen molar-refractivity contribution in [1.82, 2.24) is 9.97 Å². The van der Waals surface area contributed by atoms with Crippen molar-refractivity contribution in [3.05, 3.63) is 40.7 Å². The summed E-state index contributed by atoms with van der Waals surface area (Å²) in [7, 11) is 2.02. The Bertz CT molecular complexity index is 841. The summed E-state index contributed by atoms with van der Waals surface area (Å²) in [4.78, 5) is 7.51. The first-order valence-corrected chi connectivity index (χ1v) is 8.04. The maximum absolute atomic E-state index is 9.22. The number of fused-ring (bicyclic) bond motifs is 1. The molecule has 0 bridgehead atoms. The lowest BCUT2D eigenvalue weighted by atomic mass is 10.1. The second-order valence-electron chi connectivity index (χ2n) is 4.75. The molecule has 0 radical (unpaired) electrons. The number of thiazole rings is 1. The van der Waals surface area contributed by atoms with Crippen LogP contribution in [0, 0.1) is 25.2 Å². The van der Waals surface area contributed by atoms with Gasteiger partial charge in [0, 0.05) is 30.6 Å². The molecule has 2 aromatic heterocycles. The zero-order valence-electron chi connectivity index (χ0n) is 12.0. The van der Waals surface area contributed by atoms with Gasteiger partial charge in [0.05, 0.1) is 28.0 Å². The lowest BCUT2D eigenvalue weighted by molar-refractivity contribution is 1.27. The molecular weight excluding hydrogens is 300 g/mol. The van der Waals surface area contributed by atoms with E-state index >= 15 is 0 Å². The predicted molar refractivity (Wildman–Crippen MR) is 88.9 cm³/mol. The third-order valence-electron chi connectivity index (χ3n) is 3.31. The third kappa shape index (κ3) is 2.50. The van der Waals surface area contributed by atoms with Crippen LogP contribution in [0.4, 0.5) is 5.69 Å². The van der Waals surface area contributed by atoms with Crippen molar-refractivity contribution < 1.29 is 0 Å². The molecule has 106 valence electrons. The molecule has 3 aromatic rings. The summed E-state index contributed by atoms with van der Waals surface area (Å²) in [5, 5.41) is 11.3. The number of aromatic amines is 1. The zero-order chi connectivity index (χ0) is 15.0. The number of nitriles is 1. The summed E-state index contributed by atoms with van der Waals surface area (Å²) in [6.45, 7) is 4.03.